The minimum absolute atomic E-state index is 0.501. The molecule has 0 aliphatic heterocycles. The zero-order valence-electron chi connectivity index (χ0n) is 8.17. The first-order valence-corrected chi connectivity index (χ1v) is 6.09. The minimum atomic E-state index is 0.501. The highest BCUT2D eigenvalue weighted by atomic mass is 32.2. The van der Waals surface area contributed by atoms with Crippen LogP contribution in [0.25, 0.3) is 0 Å². The average molecular weight is 238 g/mol. The summed E-state index contributed by atoms with van der Waals surface area (Å²) in [5, 5.41) is 8.68. The number of nitrogens with two attached hydrogens (primary N) is 1. The van der Waals surface area contributed by atoms with Crippen LogP contribution in [0, 0.1) is 6.92 Å². The zero-order chi connectivity index (χ0) is 10.7. The molecule has 4 nitrogen and oxygen atoms in total. The van der Waals surface area contributed by atoms with Crippen LogP contribution in [0.1, 0.15) is 11.1 Å². The summed E-state index contributed by atoms with van der Waals surface area (Å²) in [5.41, 5.74) is 9.65. The van der Waals surface area contributed by atoms with Gasteiger partial charge in [-0.1, -0.05) is 11.3 Å². The molecule has 0 bridgehead atoms. The standard InChI is InChI=1S/C9H10N4S2/c1-6-2-3-11-8(7(6)4-10)15-9-13-12-5-14-9/h2-3,5H,4,10H2,1H3. The summed E-state index contributed by atoms with van der Waals surface area (Å²) in [5.74, 6) is 0. The number of pyridine rings is 1. The fourth-order valence-corrected chi connectivity index (χ4v) is 2.76. The molecule has 0 spiro atoms. The maximum atomic E-state index is 5.69. The van der Waals surface area contributed by atoms with Crippen molar-refractivity contribution in [3.05, 3.63) is 28.9 Å². The van der Waals surface area contributed by atoms with Crippen LogP contribution in [0.5, 0.6) is 0 Å². The van der Waals surface area contributed by atoms with Gasteiger partial charge in [-0.05, 0) is 30.3 Å². The molecule has 0 unspecified atom stereocenters. The predicted molar refractivity (Wildman–Crippen MR) is 60.9 cm³/mol. The Morgan fingerprint density at radius 2 is 2.40 bits per heavy atom. The van der Waals surface area contributed by atoms with Crippen molar-refractivity contribution in [3.63, 3.8) is 0 Å². The number of aryl methyl sites for hydroxylation is 1. The maximum absolute atomic E-state index is 5.69. The predicted octanol–water partition coefficient (Wildman–Crippen LogP) is 1.85. The Labute approximate surface area is 95.9 Å². The van der Waals surface area contributed by atoms with E-state index in [9.17, 15) is 0 Å². The minimum Gasteiger partial charge on any atom is -0.326 e. The number of hydrogen-bond donors (Lipinski definition) is 1. The van der Waals surface area contributed by atoms with Crippen molar-refractivity contribution in [1.29, 1.82) is 0 Å². The summed E-state index contributed by atoms with van der Waals surface area (Å²) >= 11 is 3.02. The lowest BCUT2D eigenvalue weighted by molar-refractivity contribution is 0.937. The molecule has 0 radical (unpaired) electrons. The molecule has 0 aliphatic carbocycles. The highest BCUT2D eigenvalue weighted by Gasteiger charge is 2.08. The monoisotopic (exact) mass is 238 g/mol. The van der Waals surface area contributed by atoms with Crippen molar-refractivity contribution in [2.45, 2.75) is 22.8 Å². The highest BCUT2D eigenvalue weighted by molar-refractivity contribution is 8.01. The summed E-state index contributed by atoms with van der Waals surface area (Å²) in [6, 6.07) is 1.96. The Morgan fingerprint density at radius 3 is 3.07 bits per heavy atom. The second kappa shape index (κ2) is 4.69. The summed E-state index contributed by atoms with van der Waals surface area (Å²) in [4.78, 5) is 4.31. The van der Waals surface area contributed by atoms with Crippen LogP contribution < -0.4 is 5.73 Å². The van der Waals surface area contributed by atoms with Gasteiger partial charge in [-0.15, -0.1) is 10.2 Å². The van der Waals surface area contributed by atoms with Gasteiger partial charge in [-0.3, -0.25) is 0 Å². The summed E-state index contributed by atoms with van der Waals surface area (Å²) < 4.78 is 0.891. The van der Waals surface area contributed by atoms with E-state index in [4.69, 9.17) is 5.73 Å². The zero-order valence-corrected chi connectivity index (χ0v) is 9.81. The van der Waals surface area contributed by atoms with E-state index in [1.54, 1.807) is 11.7 Å². The van der Waals surface area contributed by atoms with E-state index in [0.29, 0.717) is 6.54 Å². The number of nitrogens with zero attached hydrogens (tertiary/aromatic N) is 3. The van der Waals surface area contributed by atoms with E-state index in [2.05, 4.69) is 15.2 Å². The molecule has 0 aromatic carbocycles. The summed E-state index contributed by atoms with van der Waals surface area (Å²) in [7, 11) is 0. The first kappa shape index (κ1) is 10.5. The second-order valence-corrected chi connectivity index (χ2v) is 4.99. The fraction of sp³-hybridized carbons (Fsp3) is 0.222. The molecular formula is C9H10N4S2. The molecule has 2 heterocycles. The lowest BCUT2D eigenvalue weighted by Gasteiger charge is -2.06. The SMILES string of the molecule is Cc1ccnc(Sc2nncs2)c1CN. The third kappa shape index (κ3) is 2.34. The average Bonchev–Trinajstić information content (AvgIpc) is 2.71. The van der Waals surface area contributed by atoms with Crippen LogP contribution in [0.3, 0.4) is 0 Å². The fourth-order valence-electron chi connectivity index (χ4n) is 1.19. The third-order valence-electron chi connectivity index (χ3n) is 1.98. The Bertz CT molecular complexity index is 441. The molecule has 2 N–H and O–H groups in total. The largest absolute Gasteiger partial charge is 0.326 e. The molecule has 15 heavy (non-hydrogen) atoms. The van der Waals surface area contributed by atoms with Crippen LogP contribution in [0.4, 0.5) is 0 Å². The van der Waals surface area contributed by atoms with E-state index in [1.807, 2.05) is 13.0 Å². The first-order chi connectivity index (χ1) is 7.31. The van der Waals surface area contributed by atoms with Crippen molar-refractivity contribution < 1.29 is 0 Å². The van der Waals surface area contributed by atoms with Gasteiger partial charge in [0.15, 0.2) is 4.34 Å². The van der Waals surface area contributed by atoms with Crippen molar-refractivity contribution in [2.75, 3.05) is 0 Å². The molecule has 0 saturated heterocycles. The van der Waals surface area contributed by atoms with E-state index < -0.39 is 0 Å². The normalized spacial score (nSPS) is 10.5. The molecular weight excluding hydrogens is 228 g/mol. The smallest absolute Gasteiger partial charge is 0.180 e. The van der Waals surface area contributed by atoms with Gasteiger partial charge >= 0.3 is 0 Å². The van der Waals surface area contributed by atoms with Crippen LogP contribution in [-0.4, -0.2) is 15.2 Å². The number of aromatic nitrogens is 3. The van der Waals surface area contributed by atoms with Crippen molar-refractivity contribution in [3.8, 4) is 0 Å². The molecule has 0 atom stereocenters. The maximum Gasteiger partial charge on any atom is 0.180 e. The van der Waals surface area contributed by atoms with Crippen LogP contribution >= 0.6 is 23.1 Å². The molecule has 0 aliphatic rings. The molecule has 6 heteroatoms. The summed E-state index contributed by atoms with van der Waals surface area (Å²) in [6.07, 6.45) is 1.79. The molecule has 0 amide bonds. The molecule has 0 saturated carbocycles. The second-order valence-electron chi connectivity index (χ2n) is 2.92. The number of hydrogen-bond acceptors (Lipinski definition) is 6. The quantitative estimate of drug-likeness (QED) is 0.884. The highest BCUT2D eigenvalue weighted by Crippen LogP contribution is 2.30. The topological polar surface area (TPSA) is 64.7 Å². The van der Waals surface area contributed by atoms with Crippen LogP contribution in [-0.2, 0) is 6.54 Å². The van der Waals surface area contributed by atoms with Crippen molar-refractivity contribution in [2.24, 2.45) is 5.73 Å². The van der Waals surface area contributed by atoms with Gasteiger partial charge in [0.1, 0.15) is 10.5 Å². The Balaban J connectivity index is 2.32. The van der Waals surface area contributed by atoms with Gasteiger partial charge in [0.05, 0.1) is 0 Å². The molecule has 2 aromatic heterocycles. The Hall–Kier alpha value is -0.980. The van der Waals surface area contributed by atoms with Crippen molar-refractivity contribution >= 4 is 23.1 Å². The van der Waals surface area contributed by atoms with Crippen LogP contribution in [0.2, 0.25) is 0 Å². The first-order valence-electron chi connectivity index (χ1n) is 4.40. The third-order valence-corrected chi connectivity index (χ3v) is 3.80. The van der Waals surface area contributed by atoms with Gasteiger partial charge in [-0.2, -0.15) is 0 Å². The van der Waals surface area contributed by atoms with Crippen LogP contribution in [0.15, 0.2) is 27.1 Å². The lowest BCUT2D eigenvalue weighted by atomic mass is 10.2. The van der Waals surface area contributed by atoms with Crippen molar-refractivity contribution in [1.82, 2.24) is 15.2 Å². The summed E-state index contributed by atoms with van der Waals surface area (Å²) in [6.45, 7) is 2.54. The molecule has 2 rings (SSSR count). The molecule has 78 valence electrons. The van der Waals surface area contributed by atoms with Gasteiger partial charge in [0.2, 0.25) is 0 Å². The van der Waals surface area contributed by atoms with Gasteiger partial charge < -0.3 is 5.73 Å². The van der Waals surface area contributed by atoms with E-state index >= 15 is 0 Å². The van der Waals surface area contributed by atoms with Gasteiger partial charge in [0.25, 0.3) is 0 Å². The van der Waals surface area contributed by atoms with E-state index in [-0.39, 0.29) is 0 Å². The number of rotatable bonds is 3. The van der Waals surface area contributed by atoms with Gasteiger partial charge in [-0.25, -0.2) is 4.98 Å². The molecule has 2 aromatic rings. The van der Waals surface area contributed by atoms with E-state index in [0.717, 1.165) is 14.9 Å². The van der Waals surface area contributed by atoms with E-state index in [1.165, 1.54) is 28.7 Å². The Kier molecular flexibility index (Phi) is 3.30. The Morgan fingerprint density at radius 1 is 1.53 bits per heavy atom. The lowest BCUT2D eigenvalue weighted by Crippen LogP contribution is -2.02. The molecule has 0 fully saturated rings. The van der Waals surface area contributed by atoms with Gasteiger partial charge in [0, 0.05) is 18.3 Å².